The summed E-state index contributed by atoms with van der Waals surface area (Å²) in [6.07, 6.45) is -1.19. The molecular formula is C23H16BrFN4O4. The van der Waals surface area contributed by atoms with Crippen molar-refractivity contribution < 1.29 is 24.2 Å². The zero-order valence-electron chi connectivity index (χ0n) is 17.1. The van der Waals surface area contributed by atoms with Crippen molar-refractivity contribution in [2.45, 2.75) is 5.72 Å². The molecule has 166 valence electrons. The second-order valence-electron chi connectivity index (χ2n) is 7.57. The lowest BCUT2D eigenvalue weighted by atomic mass is 9.93. The minimum atomic E-state index is -2.02. The van der Waals surface area contributed by atoms with Crippen LogP contribution in [0.5, 0.6) is 0 Å². The van der Waals surface area contributed by atoms with E-state index in [1.807, 2.05) is 0 Å². The fraction of sp³-hybridized carbons (Fsp3) is 0.0870. The third-order valence-electron chi connectivity index (χ3n) is 5.71. The van der Waals surface area contributed by atoms with Crippen LogP contribution in [0.4, 0.5) is 20.8 Å². The van der Waals surface area contributed by atoms with E-state index in [9.17, 15) is 19.8 Å². The molecule has 1 aliphatic rings. The Balaban J connectivity index is 1.74. The molecular weight excluding hydrogens is 495 g/mol. The van der Waals surface area contributed by atoms with Crippen LogP contribution in [0.2, 0.25) is 0 Å². The van der Waals surface area contributed by atoms with Crippen LogP contribution in [0, 0.1) is 5.82 Å². The Morgan fingerprint density at radius 2 is 1.94 bits per heavy atom. The first-order valence-electron chi connectivity index (χ1n) is 9.81. The van der Waals surface area contributed by atoms with Crippen LogP contribution in [-0.4, -0.2) is 39.2 Å². The van der Waals surface area contributed by atoms with Gasteiger partial charge in [0, 0.05) is 23.7 Å². The number of anilines is 2. The predicted molar refractivity (Wildman–Crippen MR) is 123 cm³/mol. The highest BCUT2D eigenvalue weighted by molar-refractivity contribution is 9.10. The number of fused-ring (bicyclic) bond motifs is 2. The van der Waals surface area contributed by atoms with Gasteiger partial charge in [-0.2, -0.15) is 0 Å². The van der Waals surface area contributed by atoms with Crippen LogP contribution >= 0.6 is 15.9 Å². The number of carboxylic acid groups (broad SMARTS) is 1. The number of benzene rings is 3. The number of aliphatic hydroxyl groups is 1. The van der Waals surface area contributed by atoms with Gasteiger partial charge in [-0.05, 0) is 46.3 Å². The van der Waals surface area contributed by atoms with E-state index in [0.29, 0.717) is 16.6 Å². The summed E-state index contributed by atoms with van der Waals surface area (Å²) in [5.41, 5.74) is -0.386. The quantitative estimate of drug-likeness (QED) is 0.377. The number of hydrogen-bond acceptors (Lipinski definition) is 4. The Morgan fingerprint density at radius 3 is 2.70 bits per heavy atom. The molecule has 3 N–H and O–H groups in total. The number of nitrogens with one attached hydrogen (secondary N) is 1. The molecule has 5 rings (SSSR count). The molecule has 0 spiro atoms. The maximum atomic E-state index is 15.1. The predicted octanol–water partition coefficient (Wildman–Crippen LogP) is 4.43. The molecule has 8 nitrogen and oxygen atoms in total. The van der Waals surface area contributed by atoms with E-state index in [2.05, 4.69) is 25.9 Å². The Labute approximate surface area is 195 Å². The van der Waals surface area contributed by atoms with Gasteiger partial charge in [-0.15, -0.1) is 0 Å². The third kappa shape index (κ3) is 3.02. The zero-order valence-corrected chi connectivity index (χ0v) is 18.7. The largest absolute Gasteiger partial charge is 0.465 e. The number of carbonyl (C=O) groups is 2. The van der Waals surface area contributed by atoms with Crippen molar-refractivity contribution in [2.75, 3.05) is 16.8 Å². The van der Waals surface area contributed by atoms with Gasteiger partial charge in [0.2, 0.25) is 5.95 Å². The van der Waals surface area contributed by atoms with Crippen molar-refractivity contribution in [1.29, 1.82) is 0 Å². The second kappa shape index (κ2) is 7.39. The van der Waals surface area contributed by atoms with E-state index in [1.165, 1.54) is 19.2 Å². The van der Waals surface area contributed by atoms with Gasteiger partial charge in [-0.3, -0.25) is 14.6 Å². The Hall–Kier alpha value is -3.76. The number of carbonyl (C=O) groups excluding carboxylic acids is 1. The van der Waals surface area contributed by atoms with Gasteiger partial charge in [0.1, 0.15) is 0 Å². The van der Waals surface area contributed by atoms with E-state index in [0.717, 1.165) is 9.80 Å². The molecule has 0 aliphatic carbocycles. The molecule has 2 heterocycles. The van der Waals surface area contributed by atoms with Crippen LogP contribution in [0.25, 0.3) is 11.0 Å². The van der Waals surface area contributed by atoms with E-state index < -0.39 is 23.5 Å². The maximum absolute atomic E-state index is 15.1. The van der Waals surface area contributed by atoms with Crippen molar-refractivity contribution >= 4 is 50.6 Å². The first-order valence-corrected chi connectivity index (χ1v) is 10.6. The number of aromatic amines is 1. The minimum Gasteiger partial charge on any atom is -0.465 e. The summed E-state index contributed by atoms with van der Waals surface area (Å²) >= 11 is 3.14. The minimum absolute atomic E-state index is 0.0934. The molecule has 0 saturated heterocycles. The topological polar surface area (TPSA) is 110 Å². The number of imidazole rings is 1. The summed E-state index contributed by atoms with van der Waals surface area (Å²) in [4.78, 5) is 33.8. The number of nitrogens with zero attached hydrogens (tertiary/aromatic N) is 3. The van der Waals surface area contributed by atoms with Gasteiger partial charge >= 0.3 is 6.09 Å². The van der Waals surface area contributed by atoms with Gasteiger partial charge in [0.15, 0.2) is 11.5 Å². The molecule has 4 aromatic rings. The molecule has 33 heavy (non-hydrogen) atoms. The van der Waals surface area contributed by atoms with Crippen molar-refractivity contribution in [3.63, 3.8) is 0 Å². The number of amides is 2. The maximum Gasteiger partial charge on any atom is 0.413 e. The molecule has 3 aromatic carbocycles. The van der Waals surface area contributed by atoms with Crippen LogP contribution in [-0.2, 0) is 5.72 Å². The zero-order chi connectivity index (χ0) is 23.5. The highest BCUT2D eigenvalue weighted by Crippen LogP contribution is 2.46. The molecule has 1 aliphatic heterocycles. The first-order chi connectivity index (χ1) is 15.7. The fourth-order valence-electron chi connectivity index (χ4n) is 4.06. The monoisotopic (exact) mass is 510 g/mol. The van der Waals surface area contributed by atoms with Gasteiger partial charge in [0.25, 0.3) is 5.91 Å². The van der Waals surface area contributed by atoms with Crippen molar-refractivity contribution in [1.82, 2.24) is 9.97 Å². The summed E-state index contributed by atoms with van der Waals surface area (Å²) in [6, 6.07) is 15.8. The smallest absolute Gasteiger partial charge is 0.413 e. The number of rotatable bonds is 3. The van der Waals surface area contributed by atoms with Crippen molar-refractivity contribution in [3.05, 3.63) is 87.6 Å². The average molecular weight is 511 g/mol. The number of halogens is 2. The van der Waals surface area contributed by atoms with Gasteiger partial charge < -0.3 is 15.2 Å². The van der Waals surface area contributed by atoms with Crippen LogP contribution < -0.4 is 9.80 Å². The summed E-state index contributed by atoms with van der Waals surface area (Å²) in [7, 11) is 1.35. The van der Waals surface area contributed by atoms with E-state index >= 15 is 4.39 Å². The number of hydrogen-bond donors (Lipinski definition) is 3. The van der Waals surface area contributed by atoms with Crippen LogP contribution in [0.15, 0.2) is 65.1 Å². The Morgan fingerprint density at radius 1 is 1.18 bits per heavy atom. The highest BCUT2D eigenvalue weighted by atomic mass is 79.9. The standard InChI is InChI=1S/C23H16BrFN4O4/c1-28(22(31)32)21-26-16-10-9-12(11-17(16)27-21)23(33)14-6-3-2-5-13(14)20(30)29(23)18-8-4-7-15(24)19(18)25/h2-11,33H,1H3,(H,26,27)(H,31,32). The summed E-state index contributed by atoms with van der Waals surface area (Å²) in [6.45, 7) is 0. The van der Waals surface area contributed by atoms with Crippen molar-refractivity contribution in [3.8, 4) is 0 Å². The van der Waals surface area contributed by atoms with E-state index in [1.54, 1.807) is 48.5 Å². The van der Waals surface area contributed by atoms with Gasteiger partial charge in [-0.25, -0.2) is 14.2 Å². The third-order valence-corrected chi connectivity index (χ3v) is 6.32. The van der Waals surface area contributed by atoms with Gasteiger partial charge in [-0.1, -0.05) is 30.3 Å². The highest BCUT2D eigenvalue weighted by Gasteiger charge is 2.51. The molecule has 2 amide bonds. The fourth-order valence-corrected chi connectivity index (χ4v) is 4.41. The lowest BCUT2D eigenvalue weighted by molar-refractivity contribution is 0.0699. The molecule has 0 fully saturated rings. The summed E-state index contributed by atoms with van der Waals surface area (Å²) < 4.78 is 15.3. The number of H-pyrrole nitrogens is 1. The summed E-state index contributed by atoms with van der Waals surface area (Å²) in [5.74, 6) is -1.15. The van der Waals surface area contributed by atoms with Crippen molar-refractivity contribution in [2.24, 2.45) is 0 Å². The van der Waals surface area contributed by atoms with Crippen LogP contribution in [0.1, 0.15) is 21.5 Å². The lowest BCUT2D eigenvalue weighted by Gasteiger charge is -2.35. The van der Waals surface area contributed by atoms with Gasteiger partial charge in [0.05, 0.1) is 21.2 Å². The molecule has 1 atom stereocenters. The Bertz CT molecular complexity index is 1460. The lowest BCUT2D eigenvalue weighted by Crippen LogP contribution is -2.45. The molecule has 10 heteroatoms. The molecule has 0 radical (unpaired) electrons. The van der Waals surface area contributed by atoms with Crippen LogP contribution in [0.3, 0.4) is 0 Å². The average Bonchev–Trinajstić information content (AvgIpc) is 3.33. The number of aromatic nitrogens is 2. The SMILES string of the molecule is CN(C(=O)O)c1nc2ccc(C3(O)c4ccccc4C(=O)N3c3cccc(Br)c3F)cc2[nH]1. The molecule has 0 saturated carbocycles. The van der Waals surface area contributed by atoms with E-state index in [-0.39, 0.29) is 27.2 Å². The summed E-state index contributed by atoms with van der Waals surface area (Å²) in [5, 5.41) is 21.3. The Kier molecular flexibility index (Phi) is 4.73. The van der Waals surface area contributed by atoms with E-state index in [4.69, 9.17) is 0 Å². The molecule has 1 aromatic heterocycles. The normalized spacial score (nSPS) is 17.5. The second-order valence-corrected chi connectivity index (χ2v) is 8.42. The molecule has 1 unspecified atom stereocenters. The molecule has 0 bridgehead atoms. The first kappa shape index (κ1) is 21.1.